The minimum absolute atomic E-state index is 0.0372. The fourth-order valence-electron chi connectivity index (χ4n) is 3.19. The number of rotatable bonds is 4. The average molecular weight is 371 g/mol. The number of nitrogens with zero attached hydrogens (tertiary/aromatic N) is 1. The van der Waals surface area contributed by atoms with Gasteiger partial charge in [-0.3, -0.25) is 14.4 Å². The lowest BCUT2D eigenvalue weighted by atomic mass is 9.80. The third-order valence-corrected chi connectivity index (χ3v) is 4.60. The van der Waals surface area contributed by atoms with Crippen LogP contribution in [0.2, 0.25) is 0 Å². The number of carbonyl (C=O) groups excluding carboxylic acids is 3. The topological polar surface area (TPSA) is 106 Å². The summed E-state index contributed by atoms with van der Waals surface area (Å²) in [6.07, 6.45) is 6.26. The zero-order chi connectivity index (χ0) is 19.2. The van der Waals surface area contributed by atoms with Crippen LogP contribution in [0.5, 0.6) is 5.75 Å². The summed E-state index contributed by atoms with van der Waals surface area (Å²) in [5, 5.41) is 6.14. The molecule has 0 bridgehead atoms. The second-order valence-electron chi connectivity index (χ2n) is 6.39. The van der Waals surface area contributed by atoms with Crippen LogP contribution < -0.4 is 15.5 Å². The van der Waals surface area contributed by atoms with E-state index >= 15 is 0 Å². The highest BCUT2D eigenvalue weighted by molar-refractivity contribution is 6.39. The van der Waals surface area contributed by atoms with Gasteiger partial charge in [0.25, 0.3) is 0 Å². The first-order valence-electron chi connectivity index (χ1n) is 8.77. The van der Waals surface area contributed by atoms with Crippen LogP contribution in [0.15, 0.2) is 41.2 Å². The molecule has 0 radical (unpaired) electrons. The predicted octanol–water partition coefficient (Wildman–Crippen LogP) is 1.78. The number of Topliss-reactive ketones (excluding diaryl/α,β-unsaturated/α-hetero) is 1. The fraction of sp³-hybridized carbons (Fsp3) is 0.368. The Labute approximate surface area is 156 Å². The molecule has 8 heteroatoms. The number of benzene rings is 1. The number of anilines is 1. The zero-order valence-corrected chi connectivity index (χ0v) is 14.9. The normalized spacial score (nSPS) is 21.7. The first-order valence-corrected chi connectivity index (χ1v) is 8.77. The number of methoxy groups -OCH3 is 1. The van der Waals surface area contributed by atoms with Crippen molar-refractivity contribution in [3.05, 3.63) is 36.1 Å². The van der Waals surface area contributed by atoms with Crippen molar-refractivity contribution in [2.75, 3.05) is 12.4 Å². The molecule has 1 aromatic rings. The maximum atomic E-state index is 12.4. The molecule has 0 aromatic heterocycles. The molecule has 2 N–H and O–H groups in total. The average Bonchev–Trinajstić information content (AvgIpc) is 2.70. The number of amides is 2. The van der Waals surface area contributed by atoms with Crippen molar-refractivity contribution in [2.24, 2.45) is 11.0 Å². The van der Waals surface area contributed by atoms with Crippen LogP contribution in [0.25, 0.3) is 0 Å². The molecule has 8 nitrogen and oxygen atoms in total. The molecule has 1 aliphatic carbocycles. The van der Waals surface area contributed by atoms with E-state index in [0.717, 1.165) is 25.7 Å². The molecule has 1 heterocycles. The Morgan fingerprint density at radius 3 is 2.89 bits per heavy atom. The molecule has 1 saturated carbocycles. The van der Waals surface area contributed by atoms with Crippen molar-refractivity contribution in [3.63, 3.8) is 0 Å². The lowest BCUT2D eigenvalue weighted by molar-refractivity contribution is -0.136. The van der Waals surface area contributed by atoms with Gasteiger partial charge in [-0.05, 0) is 31.4 Å². The minimum Gasteiger partial charge on any atom is -0.497 e. The van der Waals surface area contributed by atoms with Crippen molar-refractivity contribution < 1.29 is 23.9 Å². The number of hydrogen-bond acceptors (Lipinski definition) is 6. The van der Waals surface area contributed by atoms with Gasteiger partial charge in [-0.1, -0.05) is 12.5 Å². The van der Waals surface area contributed by atoms with Gasteiger partial charge in [0.2, 0.25) is 0 Å². The molecule has 0 saturated heterocycles. The standard InChI is InChI=1S/C19H21N3O5/c1-26-14-6-4-5-13(9-14)21-18(24)19(25)22-20-10-12-11-27-16-8-3-2-7-15(16)17(12)23/h4-6,9-11,15-16H,2-3,7-8H2,1H3,(H,21,24)(H,22,25)/b20-10+. The zero-order valence-electron chi connectivity index (χ0n) is 14.9. The van der Waals surface area contributed by atoms with E-state index in [1.165, 1.54) is 19.6 Å². The maximum Gasteiger partial charge on any atom is 0.329 e. The van der Waals surface area contributed by atoms with Crippen molar-refractivity contribution in [3.8, 4) is 5.75 Å². The summed E-state index contributed by atoms with van der Waals surface area (Å²) < 4.78 is 10.6. The molecule has 2 amide bonds. The van der Waals surface area contributed by atoms with Crippen molar-refractivity contribution in [2.45, 2.75) is 31.8 Å². The Kier molecular flexibility index (Phi) is 5.85. The van der Waals surface area contributed by atoms with E-state index in [-0.39, 0.29) is 23.4 Å². The van der Waals surface area contributed by atoms with Crippen LogP contribution in [0, 0.1) is 5.92 Å². The molecule has 1 aromatic carbocycles. The van der Waals surface area contributed by atoms with Gasteiger partial charge in [0.05, 0.1) is 31.1 Å². The minimum atomic E-state index is -0.950. The number of allylic oxidation sites excluding steroid dienone is 1. The van der Waals surface area contributed by atoms with Gasteiger partial charge in [-0.15, -0.1) is 0 Å². The summed E-state index contributed by atoms with van der Waals surface area (Å²) in [5.74, 6) is -1.47. The summed E-state index contributed by atoms with van der Waals surface area (Å²) >= 11 is 0. The SMILES string of the molecule is COc1cccc(NC(=O)C(=O)N/N=C/C2=COC3CCCCC3C2=O)c1. The summed E-state index contributed by atoms with van der Waals surface area (Å²) in [6, 6.07) is 6.61. The molecular weight excluding hydrogens is 350 g/mol. The third-order valence-electron chi connectivity index (χ3n) is 4.60. The first-order chi connectivity index (χ1) is 13.1. The Bertz CT molecular complexity index is 802. The van der Waals surface area contributed by atoms with E-state index in [1.807, 2.05) is 0 Å². The van der Waals surface area contributed by atoms with Crippen LogP contribution in [0.3, 0.4) is 0 Å². The number of hydrazone groups is 1. The molecule has 142 valence electrons. The highest BCUT2D eigenvalue weighted by Crippen LogP contribution is 2.32. The molecule has 1 fully saturated rings. The molecule has 0 spiro atoms. The van der Waals surface area contributed by atoms with Crippen LogP contribution >= 0.6 is 0 Å². The van der Waals surface area contributed by atoms with Crippen molar-refractivity contribution in [1.82, 2.24) is 5.43 Å². The second-order valence-corrected chi connectivity index (χ2v) is 6.39. The number of ether oxygens (including phenoxy) is 2. The Morgan fingerprint density at radius 2 is 2.07 bits per heavy atom. The molecular formula is C19H21N3O5. The summed E-state index contributed by atoms with van der Waals surface area (Å²) in [4.78, 5) is 36.2. The maximum absolute atomic E-state index is 12.4. The number of carbonyl (C=O) groups is 3. The number of fused-ring (bicyclic) bond motifs is 1. The lowest BCUT2D eigenvalue weighted by Gasteiger charge is -2.33. The van der Waals surface area contributed by atoms with Crippen molar-refractivity contribution in [1.29, 1.82) is 0 Å². The molecule has 2 atom stereocenters. The van der Waals surface area contributed by atoms with E-state index < -0.39 is 11.8 Å². The number of ketones is 1. The van der Waals surface area contributed by atoms with Crippen molar-refractivity contribution >= 4 is 29.5 Å². The molecule has 27 heavy (non-hydrogen) atoms. The molecule has 1 aliphatic heterocycles. The van der Waals surface area contributed by atoms with E-state index in [1.54, 1.807) is 24.3 Å². The number of nitrogens with one attached hydrogen (secondary N) is 2. The van der Waals surface area contributed by atoms with Gasteiger partial charge in [-0.25, -0.2) is 5.43 Å². The summed E-state index contributed by atoms with van der Waals surface area (Å²) in [6.45, 7) is 0. The first kappa shape index (κ1) is 18.6. The number of hydrogen-bond donors (Lipinski definition) is 2. The van der Waals surface area contributed by atoms with E-state index in [4.69, 9.17) is 9.47 Å². The molecule has 2 unspecified atom stereocenters. The van der Waals surface area contributed by atoms with Gasteiger partial charge >= 0.3 is 11.8 Å². The van der Waals surface area contributed by atoms with Gasteiger partial charge in [0, 0.05) is 11.8 Å². The fourth-order valence-corrected chi connectivity index (χ4v) is 3.19. The summed E-state index contributed by atoms with van der Waals surface area (Å²) in [7, 11) is 1.50. The lowest BCUT2D eigenvalue weighted by Crippen LogP contribution is -2.37. The van der Waals surface area contributed by atoms with Crippen LogP contribution in [-0.4, -0.2) is 37.0 Å². The van der Waals surface area contributed by atoms with E-state index in [0.29, 0.717) is 11.4 Å². The smallest absolute Gasteiger partial charge is 0.329 e. The highest BCUT2D eigenvalue weighted by Gasteiger charge is 2.36. The second kappa shape index (κ2) is 8.48. The molecule has 2 aliphatic rings. The summed E-state index contributed by atoms with van der Waals surface area (Å²) in [5.41, 5.74) is 2.81. The monoisotopic (exact) mass is 371 g/mol. The van der Waals surface area contributed by atoms with Gasteiger partial charge in [-0.2, -0.15) is 5.10 Å². The Balaban J connectivity index is 1.54. The van der Waals surface area contributed by atoms with Gasteiger partial charge < -0.3 is 14.8 Å². The van der Waals surface area contributed by atoms with Crippen LogP contribution in [0.1, 0.15) is 25.7 Å². The highest BCUT2D eigenvalue weighted by atomic mass is 16.5. The van der Waals surface area contributed by atoms with Crippen LogP contribution in [-0.2, 0) is 19.1 Å². The molecule has 3 rings (SSSR count). The Hall–Kier alpha value is -3.16. The van der Waals surface area contributed by atoms with Crippen LogP contribution in [0.4, 0.5) is 5.69 Å². The van der Waals surface area contributed by atoms with Gasteiger partial charge in [0.1, 0.15) is 11.9 Å². The van der Waals surface area contributed by atoms with E-state index in [9.17, 15) is 14.4 Å². The largest absolute Gasteiger partial charge is 0.497 e. The van der Waals surface area contributed by atoms with E-state index in [2.05, 4.69) is 15.8 Å². The quantitative estimate of drug-likeness (QED) is 0.477. The van der Waals surface area contributed by atoms with Gasteiger partial charge in [0.15, 0.2) is 5.78 Å². The predicted molar refractivity (Wildman–Crippen MR) is 98.2 cm³/mol. The third kappa shape index (κ3) is 4.52. The Morgan fingerprint density at radius 1 is 1.26 bits per heavy atom.